The molecule has 12 N–H and O–H groups in total. The summed E-state index contributed by atoms with van der Waals surface area (Å²) in [6.07, 6.45) is -16.4. The number of aliphatic hydroxyl groups is 12. The summed E-state index contributed by atoms with van der Waals surface area (Å²) in [6.45, 7) is 1.79. The van der Waals surface area contributed by atoms with E-state index in [1.54, 1.807) is 0 Å². The molecule has 192 valence electrons. The minimum atomic E-state index is -1.65. The van der Waals surface area contributed by atoms with Crippen molar-refractivity contribution in [3.8, 4) is 0 Å². The van der Waals surface area contributed by atoms with Crippen molar-refractivity contribution in [3.63, 3.8) is 0 Å². The predicted octanol–water partition coefficient (Wildman–Crippen LogP) is -7.44. The van der Waals surface area contributed by atoms with Crippen molar-refractivity contribution in [2.45, 2.75) is 81.0 Å². The molecule has 0 fully saturated rings. The number of hydrogen-bond acceptors (Lipinski definition) is 15. The molecule has 0 spiro atoms. The van der Waals surface area contributed by atoms with E-state index in [0.29, 0.717) is 0 Å². The Bertz CT molecular complexity index is 459. The maximum absolute atomic E-state index is 9.87. The lowest BCUT2D eigenvalue weighted by atomic mass is 10.1. The lowest BCUT2D eigenvalue weighted by molar-refractivity contribution is -0.132. The smallest absolute Gasteiger partial charge is 0.151 e. The Balaban J connectivity index is -0.000000395. The summed E-state index contributed by atoms with van der Waals surface area (Å²) in [7, 11) is 0. The van der Waals surface area contributed by atoms with Crippen LogP contribution in [0, 0.1) is 0 Å². The van der Waals surface area contributed by atoms with Crippen LogP contribution in [-0.2, 0) is 14.4 Å². The summed E-state index contributed by atoms with van der Waals surface area (Å²) in [5, 5.41) is 104. The van der Waals surface area contributed by atoms with Crippen molar-refractivity contribution in [2.24, 2.45) is 0 Å². The molecule has 0 aromatic heterocycles. The molecule has 15 nitrogen and oxygen atoms in total. The zero-order chi connectivity index (χ0) is 26.2. The lowest BCUT2D eigenvalue weighted by Crippen LogP contribution is -2.43. The predicted molar refractivity (Wildman–Crippen MR) is 103 cm³/mol. The minimum Gasteiger partial charge on any atom is -0.394 e. The van der Waals surface area contributed by atoms with Gasteiger partial charge in [-0.2, -0.15) is 0 Å². The molecule has 11 atom stereocenters. The van der Waals surface area contributed by atoms with Crippen LogP contribution in [0.25, 0.3) is 0 Å². The van der Waals surface area contributed by atoms with Crippen LogP contribution in [0.2, 0.25) is 0 Å². The highest BCUT2D eigenvalue weighted by Gasteiger charge is 2.28. The Morgan fingerprint density at radius 3 is 0.938 bits per heavy atom. The molecule has 15 heteroatoms. The highest BCUT2D eigenvalue weighted by Crippen LogP contribution is 2.03. The maximum Gasteiger partial charge on any atom is 0.151 e. The van der Waals surface area contributed by atoms with E-state index in [2.05, 4.69) is 0 Å². The molecule has 0 aliphatic rings. The van der Waals surface area contributed by atoms with E-state index < -0.39 is 73.8 Å². The van der Waals surface area contributed by atoms with Crippen molar-refractivity contribution >= 4 is 18.9 Å². The number of carbonyl (C=O) groups is 3. The second-order valence-corrected chi connectivity index (χ2v) is 6.56. The van der Waals surface area contributed by atoms with E-state index >= 15 is 0 Å². The Morgan fingerprint density at radius 2 is 0.750 bits per heavy atom. The average molecular weight is 478 g/mol. The third-order valence-electron chi connectivity index (χ3n) is 3.74. The standard InChI is InChI=1S/2C6H12O5.C5H10O5/c2*1-3(8)5(10)6(11)4(9)2-7;6-1-3(8)5(10)4(9)2-7/h2*2-6,8-11H,1H3;1,3-5,7-10H,2H2/t3-,4+,5+,6-;3-,4-,5-,6-;3-,4+,5+/m000/s1. The van der Waals surface area contributed by atoms with E-state index in [9.17, 15) is 14.4 Å². The van der Waals surface area contributed by atoms with Gasteiger partial charge in [0.15, 0.2) is 18.9 Å². The third kappa shape index (κ3) is 14.6. The van der Waals surface area contributed by atoms with Gasteiger partial charge in [0.25, 0.3) is 0 Å². The van der Waals surface area contributed by atoms with Gasteiger partial charge in [-0.1, -0.05) is 0 Å². The van der Waals surface area contributed by atoms with E-state index in [1.807, 2.05) is 0 Å². The Morgan fingerprint density at radius 1 is 0.500 bits per heavy atom. The summed E-state index contributed by atoms with van der Waals surface area (Å²) in [5.74, 6) is 0. The summed E-state index contributed by atoms with van der Waals surface area (Å²) < 4.78 is 0. The summed E-state index contributed by atoms with van der Waals surface area (Å²) in [6, 6.07) is 0. The summed E-state index contributed by atoms with van der Waals surface area (Å²) in [5.41, 5.74) is 0. The number of aldehydes is 3. The van der Waals surface area contributed by atoms with Gasteiger partial charge in [-0.15, -0.1) is 0 Å². The van der Waals surface area contributed by atoms with Crippen molar-refractivity contribution in [1.82, 2.24) is 0 Å². The molecule has 32 heavy (non-hydrogen) atoms. The van der Waals surface area contributed by atoms with Crippen molar-refractivity contribution in [2.75, 3.05) is 6.61 Å². The van der Waals surface area contributed by atoms with Crippen LogP contribution in [0.1, 0.15) is 13.8 Å². The molecule has 0 aromatic rings. The zero-order valence-electron chi connectivity index (χ0n) is 17.4. The molecule has 0 amide bonds. The number of carbonyl (C=O) groups excluding carboxylic acids is 3. The van der Waals surface area contributed by atoms with E-state index in [0.717, 1.165) is 0 Å². The van der Waals surface area contributed by atoms with E-state index in [4.69, 9.17) is 61.3 Å². The molecular weight excluding hydrogens is 444 g/mol. The molecule has 0 bridgehead atoms. The van der Waals surface area contributed by atoms with Crippen molar-refractivity contribution < 1.29 is 75.7 Å². The van der Waals surface area contributed by atoms with Crippen molar-refractivity contribution in [1.29, 1.82) is 0 Å². The monoisotopic (exact) mass is 478 g/mol. The molecule has 0 aromatic carbocycles. The third-order valence-corrected chi connectivity index (χ3v) is 3.74. The maximum atomic E-state index is 9.87. The molecule has 0 unspecified atom stereocenters. The normalized spacial score (nSPS) is 21.2. The number of rotatable bonds is 12. The molecule has 0 rings (SSSR count). The fourth-order valence-corrected chi connectivity index (χ4v) is 1.55. The molecule has 0 heterocycles. The first-order valence-corrected chi connectivity index (χ1v) is 9.09. The second kappa shape index (κ2) is 19.0. The first-order valence-electron chi connectivity index (χ1n) is 9.09. The van der Waals surface area contributed by atoms with Gasteiger partial charge in [-0.05, 0) is 13.8 Å². The Hall–Kier alpha value is -1.47. The van der Waals surface area contributed by atoms with Crippen LogP contribution >= 0.6 is 0 Å². The molecular formula is C17H34O15. The Labute approximate surface area is 183 Å². The molecule has 0 aliphatic heterocycles. The van der Waals surface area contributed by atoms with Gasteiger partial charge in [0.05, 0.1) is 18.8 Å². The van der Waals surface area contributed by atoms with Crippen molar-refractivity contribution in [3.05, 3.63) is 0 Å². The second-order valence-electron chi connectivity index (χ2n) is 6.56. The first-order chi connectivity index (χ1) is 14.6. The molecule has 0 saturated carbocycles. The summed E-state index contributed by atoms with van der Waals surface area (Å²) in [4.78, 5) is 29.5. The topological polar surface area (TPSA) is 294 Å². The fraction of sp³-hybridized carbons (Fsp3) is 0.824. The van der Waals surface area contributed by atoms with Gasteiger partial charge in [-0.25, -0.2) is 0 Å². The van der Waals surface area contributed by atoms with Crippen LogP contribution < -0.4 is 0 Å². The zero-order valence-corrected chi connectivity index (χ0v) is 17.4. The van der Waals surface area contributed by atoms with Gasteiger partial charge >= 0.3 is 0 Å². The number of hydrogen-bond donors (Lipinski definition) is 12. The highest BCUT2D eigenvalue weighted by molar-refractivity contribution is 5.57. The van der Waals surface area contributed by atoms with Crippen LogP contribution in [0.4, 0.5) is 0 Å². The number of aliphatic hydroxyl groups excluding tert-OH is 12. The fourth-order valence-electron chi connectivity index (χ4n) is 1.55. The van der Waals surface area contributed by atoms with E-state index in [1.165, 1.54) is 13.8 Å². The minimum absolute atomic E-state index is 0.0869. The van der Waals surface area contributed by atoms with Crippen LogP contribution in [0.5, 0.6) is 0 Å². The van der Waals surface area contributed by atoms with Crippen LogP contribution in [0.3, 0.4) is 0 Å². The van der Waals surface area contributed by atoms with Gasteiger partial charge in [0.1, 0.15) is 54.9 Å². The van der Waals surface area contributed by atoms with Gasteiger partial charge < -0.3 is 75.7 Å². The van der Waals surface area contributed by atoms with Gasteiger partial charge in [-0.3, -0.25) is 0 Å². The quantitative estimate of drug-likeness (QED) is 0.116. The highest BCUT2D eigenvalue weighted by atomic mass is 16.4. The largest absolute Gasteiger partial charge is 0.394 e. The first kappa shape index (κ1) is 35.1. The molecule has 0 saturated heterocycles. The van der Waals surface area contributed by atoms with Gasteiger partial charge in [0.2, 0.25) is 0 Å². The molecule has 0 aliphatic carbocycles. The Kier molecular flexibility index (Phi) is 20.9. The van der Waals surface area contributed by atoms with Crippen LogP contribution in [-0.4, -0.2) is 154 Å². The summed E-state index contributed by atoms with van der Waals surface area (Å²) >= 11 is 0. The lowest BCUT2D eigenvalue weighted by Gasteiger charge is -2.21. The van der Waals surface area contributed by atoms with Crippen LogP contribution in [0.15, 0.2) is 0 Å². The average Bonchev–Trinajstić information content (AvgIpc) is 2.79. The van der Waals surface area contributed by atoms with Gasteiger partial charge in [0, 0.05) is 0 Å². The SMILES string of the molecule is C[C@H](O)[C@@H](O)[C@@H](O)[C@H](O)C=O.C[C@H](O)[C@H](O)[C@@H](O)[C@@H](O)C=O.O=C[C@H](O)[C@@H](O)[C@H](O)CO. The molecule has 0 radical (unpaired) electrons. The van der Waals surface area contributed by atoms with E-state index in [-0.39, 0.29) is 18.9 Å².